The van der Waals surface area contributed by atoms with Crippen LogP contribution in [0.3, 0.4) is 0 Å². The summed E-state index contributed by atoms with van der Waals surface area (Å²) >= 11 is 0. The molecule has 2 rings (SSSR count). The Labute approximate surface area is 105 Å². The van der Waals surface area contributed by atoms with Crippen LogP contribution < -0.4 is 15.8 Å². The molecular formula is C13H17FN2O2. The Morgan fingerprint density at radius 1 is 1.50 bits per heavy atom. The number of alkyl halides is 1. The van der Waals surface area contributed by atoms with Crippen molar-refractivity contribution in [3.05, 3.63) is 23.8 Å². The quantitative estimate of drug-likeness (QED) is 0.807. The van der Waals surface area contributed by atoms with Gasteiger partial charge in [0, 0.05) is 11.6 Å². The Morgan fingerprint density at radius 2 is 2.28 bits per heavy atom. The second-order valence-corrected chi connectivity index (χ2v) is 4.54. The number of carbonyl (C=O) groups is 1. The summed E-state index contributed by atoms with van der Waals surface area (Å²) in [5.41, 5.74) is 6.64. The molecule has 0 spiro atoms. The van der Waals surface area contributed by atoms with E-state index in [-0.39, 0.29) is 11.9 Å². The van der Waals surface area contributed by atoms with Gasteiger partial charge >= 0.3 is 0 Å². The van der Waals surface area contributed by atoms with Gasteiger partial charge in [-0.25, -0.2) is 4.39 Å². The van der Waals surface area contributed by atoms with Crippen LogP contribution in [-0.2, 0) is 0 Å². The minimum atomic E-state index is -0.795. The highest BCUT2D eigenvalue weighted by Crippen LogP contribution is 2.24. The van der Waals surface area contributed by atoms with Gasteiger partial charge in [-0.15, -0.1) is 0 Å². The summed E-state index contributed by atoms with van der Waals surface area (Å²) in [6.07, 6.45) is 0.823. The zero-order valence-corrected chi connectivity index (χ0v) is 10.3. The van der Waals surface area contributed by atoms with E-state index < -0.39 is 6.17 Å². The molecule has 1 amide bonds. The lowest BCUT2D eigenvalue weighted by Gasteiger charge is -2.13. The zero-order valence-electron chi connectivity index (χ0n) is 10.3. The fraction of sp³-hybridized carbons (Fsp3) is 0.462. The van der Waals surface area contributed by atoms with Gasteiger partial charge < -0.3 is 15.8 Å². The third-order valence-electron chi connectivity index (χ3n) is 3.20. The van der Waals surface area contributed by atoms with E-state index in [2.05, 4.69) is 5.32 Å². The SMILES string of the molecule is COc1cc(C(=O)NC2CCC(F)C2)ccc1N. The molecule has 0 saturated heterocycles. The number of nitrogens with one attached hydrogen (secondary N) is 1. The molecule has 3 N–H and O–H groups in total. The lowest BCUT2D eigenvalue weighted by atomic mass is 10.1. The monoisotopic (exact) mass is 252 g/mol. The number of methoxy groups -OCH3 is 1. The lowest BCUT2D eigenvalue weighted by Crippen LogP contribution is -2.33. The molecule has 5 heteroatoms. The van der Waals surface area contributed by atoms with Crippen molar-refractivity contribution >= 4 is 11.6 Å². The molecule has 98 valence electrons. The molecule has 0 aliphatic heterocycles. The minimum Gasteiger partial charge on any atom is -0.495 e. The van der Waals surface area contributed by atoms with Crippen molar-refractivity contribution in [3.8, 4) is 5.75 Å². The van der Waals surface area contributed by atoms with Gasteiger partial charge in [0.15, 0.2) is 0 Å². The smallest absolute Gasteiger partial charge is 0.251 e. The molecule has 18 heavy (non-hydrogen) atoms. The van der Waals surface area contributed by atoms with Gasteiger partial charge in [-0.1, -0.05) is 0 Å². The van der Waals surface area contributed by atoms with Crippen LogP contribution in [0, 0.1) is 0 Å². The van der Waals surface area contributed by atoms with Crippen LogP contribution in [0.1, 0.15) is 29.6 Å². The molecule has 1 saturated carbocycles. The van der Waals surface area contributed by atoms with Crippen molar-refractivity contribution in [2.24, 2.45) is 0 Å². The maximum atomic E-state index is 13.0. The van der Waals surface area contributed by atoms with E-state index in [0.29, 0.717) is 36.3 Å². The lowest BCUT2D eigenvalue weighted by molar-refractivity contribution is 0.0936. The molecule has 1 fully saturated rings. The summed E-state index contributed by atoms with van der Waals surface area (Å²) in [4.78, 5) is 12.0. The summed E-state index contributed by atoms with van der Waals surface area (Å²) in [6, 6.07) is 4.78. The summed E-state index contributed by atoms with van der Waals surface area (Å²) in [5.74, 6) is 0.254. The number of halogens is 1. The number of rotatable bonds is 3. The standard InChI is InChI=1S/C13H17FN2O2/c1-18-12-6-8(2-5-11(12)15)13(17)16-10-4-3-9(14)7-10/h2,5-6,9-10H,3-4,7,15H2,1H3,(H,16,17). The van der Waals surface area contributed by atoms with E-state index in [0.717, 1.165) is 0 Å². The Bertz CT molecular complexity index is 451. The molecule has 0 radical (unpaired) electrons. The number of benzene rings is 1. The average molecular weight is 252 g/mol. The maximum absolute atomic E-state index is 13.0. The van der Waals surface area contributed by atoms with Crippen LogP contribution in [0.2, 0.25) is 0 Å². The fourth-order valence-corrected chi connectivity index (χ4v) is 2.18. The van der Waals surface area contributed by atoms with Crippen molar-refractivity contribution in [2.45, 2.75) is 31.5 Å². The number of hydrogen-bond acceptors (Lipinski definition) is 3. The number of amides is 1. The Morgan fingerprint density at radius 3 is 2.89 bits per heavy atom. The summed E-state index contributed by atoms with van der Waals surface area (Å²) in [5, 5.41) is 2.82. The highest BCUT2D eigenvalue weighted by Gasteiger charge is 2.25. The van der Waals surface area contributed by atoms with Crippen molar-refractivity contribution in [1.82, 2.24) is 5.32 Å². The van der Waals surface area contributed by atoms with Gasteiger partial charge in [0.05, 0.1) is 12.8 Å². The first-order valence-corrected chi connectivity index (χ1v) is 5.98. The minimum absolute atomic E-state index is 0.0731. The molecule has 0 bridgehead atoms. The van der Waals surface area contributed by atoms with Crippen LogP contribution in [-0.4, -0.2) is 25.2 Å². The Hall–Kier alpha value is -1.78. The van der Waals surface area contributed by atoms with Gasteiger partial charge in [0.1, 0.15) is 11.9 Å². The van der Waals surface area contributed by atoms with E-state index >= 15 is 0 Å². The van der Waals surface area contributed by atoms with E-state index in [1.807, 2.05) is 0 Å². The number of carbonyl (C=O) groups excluding carboxylic acids is 1. The normalized spacial score (nSPS) is 22.8. The second-order valence-electron chi connectivity index (χ2n) is 4.54. The molecule has 1 aromatic carbocycles. The summed E-state index contributed by atoms with van der Waals surface area (Å²) in [6.45, 7) is 0. The van der Waals surface area contributed by atoms with Gasteiger partial charge in [-0.3, -0.25) is 4.79 Å². The largest absolute Gasteiger partial charge is 0.495 e. The summed E-state index contributed by atoms with van der Waals surface area (Å²) in [7, 11) is 1.50. The first kappa shape index (κ1) is 12.7. The van der Waals surface area contributed by atoms with Crippen molar-refractivity contribution in [1.29, 1.82) is 0 Å². The second kappa shape index (κ2) is 5.25. The first-order valence-electron chi connectivity index (χ1n) is 5.98. The molecule has 4 nitrogen and oxygen atoms in total. The molecule has 2 atom stereocenters. The van der Waals surface area contributed by atoms with E-state index in [1.54, 1.807) is 18.2 Å². The molecule has 0 heterocycles. The number of nitrogens with two attached hydrogens (primary N) is 1. The highest BCUT2D eigenvalue weighted by atomic mass is 19.1. The third kappa shape index (κ3) is 2.72. The zero-order chi connectivity index (χ0) is 13.1. The Balaban J connectivity index is 2.04. The number of hydrogen-bond donors (Lipinski definition) is 2. The van der Waals surface area contributed by atoms with Crippen molar-refractivity contribution in [2.75, 3.05) is 12.8 Å². The van der Waals surface area contributed by atoms with Crippen LogP contribution >= 0.6 is 0 Å². The van der Waals surface area contributed by atoms with E-state index in [4.69, 9.17) is 10.5 Å². The average Bonchev–Trinajstić information content (AvgIpc) is 2.75. The van der Waals surface area contributed by atoms with Crippen molar-refractivity contribution < 1.29 is 13.9 Å². The number of ether oxygens (including phenoxy) is 1. The molecule has 0 aromatic heterocycles. The van der Waals surface area contributed by atoms with Crippen molar-refractivity contribution in [3.63, 3.8) is 0 Å². The molecule has 1 aliphatic rings. The fourth-order valence-electron chi connectivity index (χ4n) is 2.18. The number of nitrogen functional groups attached to an aromatic ring is 1. The predicted octanol–water partition coefficient (Wildman–Crippen LogP) is 1.90. The molecule has 1 aromatic rings. The third-order valence-corrected chi connectivity index (χ3v) is 3.20. The highest BCUT2D eigenvalue weighted by molar-refractivity contribution is 5.95. The van der Waals surface area contributed by atoms with Crippen LogP contribution in [0.15, 0.2) is 18.2 Å². The maximum Gasteiger partial charge on any atom is 0.251 e. The van der Waals surface area contributed by atoms with E-state index in [1.165, 1.54) is 7.11 Å². The van der Waals surface area contributed by atoms with Crippen LogP contribution in [0.4, 0.5) is 10.1 Å². The predicted molar refractivity (Wildman–Crippen MR) is 67.4 cm³/mol. The van der Waals surface area contributed by atoms with Gasteiger partial charge in [-0.05, 0) is 37.5 Å². The molecular weight excluding hydrogens is 235 g/mol. The molecule has 2 unspecified atom stereocenters. The van der Waals surface area contributed by atoms with Gasteiger partial charge in [0.25, 0.3) is 5.91 Å². The van der Waals surface area contributed by atoms with Crippen LogP contribution in [0.25, 0.3) is 0 Å². The Kier molecular flexibility index (Phi) is 3.69. The number of anilines is 1. The van der Waals surface area contributed by atoms with Crippen LogP contribution in [0.5, 0.6) is 5.75 Å². The topological polar surface area (TPSA) is 64.3 Å². The van der Waals surface area contributed by atoms with Gasteiger partial charge in [0.2, 0.25) is 0 Å². The first-order chi connectivity index (χ1) is 8.60. The summed E-state index contributed by atoms with van der Waals surface area (Å²) < 4.78 is 18.1. The van der Waals surface area contributed by atoms with E-state index in [9.17, 15) is 9.18 Å². The van der Waals surface area contributed by atoms with Gasteiger partial charge in [-0.2, -0.15) is 0 Å². The molecule has 1 aliphatic carbocycles.